The lowest BCUT2D eigenvalue weighted by atomic mass is 10.2. The molecule has 6 nitrogen and oxygen atoms in total. The van der Waals surface area contributed by atoms with Crippen molar-refractivity contribution >= 4 is 44.9 Å². The zero-order valence-corrected chi connectivity index (χ0v) is 12.1. The van der Waals surface area contributed by atoms with Crippen molar-refractivity contribution < 1.29 is 18.3 Å². The number of carbonyl (C=O) groups is 1. The van der Waals surface area contributed by atoms with Gasteiger partial charge in [-0.3, -0.25) is 4.72 Å². The van der Waals surface area contributed by atoms with Crippen LogP contribution in [0, 0.1) is 0 Å². The first-order valence-corrected chi connectivity index (χ1v) is 7.43. The fraction of sp³-hybridized carbons (Fsp3) is 0. The minimum atomic E-state index is -3.85. The highest BCUT2D eigenvalue weighted by Gasteiger charge is 2.19. The molecule has 0 aliphatic carbocycles. The molecule has 2 rings (SSSR count). The van der Waals surface area contributed by atoms with E-state index < -0.39 is 16.0 Å². The van der Waals surface area contributed by atoms with Gasteiger partial charge in [-0.2, -0.15) is 0 Å². The van der Waals surface area contributed by atoms with E-state index in [4.69, 9.17) is 28.3 Å². The van der Waals surface area contributed by atoms with Gasteiger partial charge in [0.2, 0.25) is 0 Å². The average molecular weight is 335 g/mol. The molecule has 0 atom stereocenters. The molecule has 0 aliphatic rings. The first-order chi connectivity index (χ1) is 9.31. The number of carboxylic acids is 1. The smallest absolute Gasteiger partial charge is 0.335 e. The van der Waals surface area contributed by atoms with Crippen molar-refractivity contribution in [2.75, 3.05) is 4.72 Å². The first kappa shape index (κ1) is 14.7. The van der Waals surface area contributed by atoms with Crippen molar-refractivity contribution in [1.82, 2.24) is 4.98 Å². The van der Waals surface area contributed by atoms with Crippen LogP contribution in [0.2, 0.25) is 10.0 Å². The number of aromatic carboxylic acids is 1. The van der Waals surface area contributed by atoms with Crippen LogP contribution in [0.15, 0.2) is 35.5 Å². The summed E-state index contributed by atoms with van der Waals surface area (Å²) in [6, 6.07) is 3.59. The number of hydrogen-bond acceptors (Lipinski definition) is 3. The summed E-state index contributed by atoms with van der Waals surface area (Å²) in [7, 11) is -3.85. The second-order valence-corrected chi connectivity index (χ2v) is 6.27. The van der Waals surface area contributed by atoms with Crippen LogP contribution in [-0.4, -0.2) is 24.5 Å². The number of aromatic nitrogens is 1. The van der Waals surface area contributed by atoms with E-state index in [9.17, 15) is 13.2 Å². The summed E-state index contributed by atoms with van der Waals surface area (Å²) < 4.78 is 26.3. The Morgan fingerprint density at radius 3 is 2.30 bits per heavy atom. The molecule has 0 saturated carbocycles. The molecular weight excluding hydrogens is 327 g/mol. The molecule has 0 amide bonds. The highest BCUT2D eigenvalue weighted by Crippen LogP contribution is 2.33. The fourth-order valence-electron chi connectivity index (χ4n) is 1.46. The second kappa shape index (κ2) is 5.35. The molecule has 0 saturated heterocycles. The third-order valence-corrected chi connectivity index (χ3v) is 4.35. The number of nitrogens with one attached hydrogen (secondary N) is 2. The number of aromatic amines is 1. The number of carboxylic acid groups (broad SMARTS) is 1. The number of benzene rings is 1. The standard InChI is InChI=1S/C11H8Cl2N2O4S/c12-8-3-6(11(16)17)4-9(13)10(8)15-20(18,19)7-1-2-14-5-7/h1-5,14-15H,(H,16,17). The van der Waals surface area contributed by atoms with Crippen LogP contribution in [0.3, 0.4) is 0 Å². The highest BCUT2D eigenvalue weighted by molar-refractivity contribution is 7.92. The summed E-state index contributed by atoms with van der Waals surface area (Å²) in [6.07, 6.45) is 2.74. The van der Waals surface area contributed by atoms with Gasteiger partial charge in [-0.25, -0.2) is 13.2 Å². The lowest BCUT2D eigenvalue weighted by molar-refractivity contribution is 0.0697. The van der Waals surface area contributed by atoms with Gasteiger partial charge in [0.15, 0.2) is 0 Å². The molecule has 1 aromatic heterocycles. The van der Waals surface area contributed by atoms with Crippen LogP contribution in [-0.2, 0) is 10.0 Å². The molecule has 1 aromatic carbocycles. The lowest BCUT2D eigenvalue weighted by Crippen LogP contribution is -2.13. The Labute approximate surface area is 124 Å². The van der Waals surface area contributed by atoms with Crippen molar-refractivity contribution in [1.29, 1.82) is 0 Å². The predicted molar refractivity (Wildman–Crippen MR) is 75.0 cm³/mol. The van der Waals surface area contributed by atoms with Crippen molar-refractivity contribution in [3.8, 4) is 0 Å². The van der Waals surface area contributed by atoms with E-state index in [2.05, 4.69) is 9.71 Å². The van der Waals surface area contributed by atoms with Gasteiger partial charge in [0.25, 0.3) is 10.0 Å². The van der Waals surface area contributed by atoms with Gasteiger partial charge in [-0.05, 0) is 18.2 Å². The Kier molecular flexibility index (Phi) is 3.94. The van der Waals surface area contributed by atoms with E-state index >= 15 is 0 Å². The van der Waals surface area contributed by atoms with Gasteiger partial charge in [0.05, 0.1) is 21.3 Å². The monoisotopic (exact) mass is 334 g/mol. The molecule has 0 bridgehead atoms. The molecule has 20 heavy (non-hydrogen) atoms. The second-order valence-electron chi connectivity index (χ2n) is 3.77. The molecule has 9 heteroatoms. The largest absolute Gasteiger partial charge is 0.478 e. The number of halogens is 2. The lowest BCUT2D eigenvalue weighted by Gasteiger charge is -2.11. The molecule has 0 spiro atoms. The molecule has 2 aromatic rings. The molecule has 0 aliphatic heterocycles. The average Bonchev–Trinajstić information content (AvgIpc) is 2.88. The Morgan fingerprint density at radius 2 is 1.85 bits per heavy atom. The molecule has 0 radical (unpaired) electrons. The van der Waals surface area contributed by atoms with E-state index in [1.807, 2.05) is 0 Å². The summed E-state index contributed by atoms with van der Waals surface area (Å²) in [5.74, 6) is -1.21. The Balaban J connectivity index is 2.43. The molecule has 1 heterocycles. The van der Waals surface area contributed by atoms with Gasteiger partial charge in [0.1, 0.15) is 4.90 Å². The molecule has 0 fully saturated rings. The molecular formula is C11H8Cl2N2O4S. The summed E-state index contributed by atoms with van der Waals surface area (Å²) >= 11 is 11.7. The van der Waals surface area contributed by atoms with E-state index in [1.54, 1.807) is 0 Å². The predicted octanol–water partition coefficient (Wildman–Crippen LogP) is 2.82. The maximum Gasteiger partial charge on any atom is 0.335 e. The van der Waals surface area contributed by atoms with Gasteiger partial charge in [0, 0.05) is 12.4 Å². The maximum atomic E-state index is 12.0. The van der Waals surface area contributed by atoms with Crippen LogP contribution in [0.4, 0.5) is 5.69 Å². The van der Waals surface area contributed by atoms with Gasteiger partial charge < -0.3 is 10.1 Å². The molecule has 106 valence electrons. The van der Waals surface area contributed by atoms with E-state index in [1.165, 1.54) is 18.5 Å². The Hall–Kier alpha value is -1.70. The maximum absolute atomic E-state index is 12.0. The van der Waals surface area contributed by atoms with Crippen LogP contribution in [0.5, 0.6) is 0 Å². The fourth-order valence-corrected chi connectivity index (χ4v) is 3.23. The number of hydrogen-bond donors (Lipinski definition) is 3. The zero-order valence-electron chi connectivity index (χ0n) is 9.72. The number of rotatable bonds is 4. The normalized spacial score (nSPS) is 11.3. The van der Waals surface area contributed by atoms with Crippen LogP contribution in [0.1, 0.15) is 10.4 Å². The molecule has 3 N–H and O–H groups in total. The third-order valence-electron chi connectivity index (χ3n) is 2.41. The number of anilines is 1. The summed E-state index contributed by atoms with van der Waals surface area (Å²) in [6.45, 7) is 0. The van der Waals surface area contributed by atoms with Crippen LogP contribution >= 0.6 is 23.2 Å². The Bertz CT molecular complexity index is 734. The Morgan fingerprint density at radius 1 is 1.25 bits per heavy atom. The van der Waals surface area contributed by atoms with Crippen LogP contribution < -0.4 is 4.72 Å². The van der Waals surface area contributed by atoms with E-state index in [0.717, 1.165) is 12.1 Å². The third kappa shape index (κ3) is 2.90. The summed E-state index contributed by atoms with van der Waals surface area (Å²) in [5.41, 5.74) is -0.205. The quantitative estimate of drug-likeness (QED) is 0.800. The van der Waals surface area contributed by atoms with Crippen molar-refractivity contribution in [2.24, 2.45) is 0 Å². The number of H-pyrrole nitrogens is 1. The minimum Gasteiger partial charge on any atom is -0.478 e. The van der Waals surface area contributed by atoms with Crippen molar-refractivity contribution in [2.45, 2.75) is 4.90 Å². The first-order valence-electron chi connectivity index (χ1n) is 5.19. The van der Waals surface area contributed by atoms with Gasteiger partial charge in [-0.1, -0.05) is 23.2 Å². The van der Waals surface area contributed by atoms with E-state index in [-0.39, 0.29) is 26.2 Å². The summed E-state index contributed by atoms with van der Waals surface area (Å²) in [4.78, 5) is 13.4. The van der Waals surface area contributed by atoms with Crippen LogP contribution in [0.25, 0.3) is 0 Å². The minimum absolute atomic E-state index is 0.00643. The topological polar surface area (TPSA) is 99.3 Å². The number of sulfonamides is 1. The zero-order chi connectivity index (χ0) is 14.9. The van der Waals surface area contributed by atoms with Crippen molar-refractivity contribution in [3.63, 3.8) is 0 Å². The SMILES string of the molecule is O=C(O)c1cc(Cl)c(NS(=O)(=O)c2cc[nH]c2)c(Cl)c1. The summed E-state index contributed by atoms with van der Waals surface area (Å²) in [5, 5.41) is 8.64. The highest BCUT2D eigenvalue weighted by atomic mass is 35.5. The van der Waals surface area contributed by atoms with Gasteiger partial charge in [-0.15, -0.1) is 0 Å². The van der Waals surface area contributed by atoms with Crippen molar-refractivity contribution in [3.05, 3.63) is 46.2 Å². The van der Waals surface area contributed by atoms with Gasteiger partial charge >= 0.3 is 5.97 Å². The molecule has 0 unspecified atom stereocenters. The van der Waals surface area contributed by atoms with E-state index in [0.29, 0.717) is 0 Å².